The lowest BCUT2D eigenvalue weighted by atomic mass is 10.0. The molecular weight excluding hydrogens is 408 g/mol. The van der Waals surface area contributed by atoms with Crippen LogP contribution in [0, 0.1) is 0 Å². The van der Waals surface area contributed by atoms with E-state index in [-0.39, 0.29) is 5.56 Å². The summed E-state index contributed by atoms with van der Waals surface area (Å²) in [6.45, 7) is 1.15. The Balaban J connectivity index is 1.44. The number of carbonyl (C=O) groups is 1. The standard InChI is InChI=1S/C24H22N4O4/c1-26-21-12-17(5-6-19(21)20-8-10-27(24(30)31)14-22(20)26)28-11-7-18(13-23(28)29)32-15-16-4-2-3-9-25-16/h2-7,9,11-13H,8,10,14-15H2,1H3,(H,30,31). The van der Waals surface area contributed by atoms with Gasteiger partial charge in [0.25, 0.3) is 5.56 Å². The minimum Gasteiger partial charge on any atom is -0.487 e. The van der Waals surface area contributed by atoms with E-state index < -0.39 is 6.09 Å². The SMILES string of the molecule is Cn1c2c(c3ccc(-n4ccc(OCc5ccccn5)cc4=O)cc31)CCN(C(=O)O)C2. The fourth-order valence-electron chi connectivity index (χ4n) is 4.26. The van der Waals surface area contributed by atoms with Gasteiger partial charge in [-0.1, -0.05) is 12.1 Å². The second-order valence-electron chi connectivity index (χ2n) is 7.82. The zero-order chi connectivity index (χ0) is 22.2. The molecule has 32 heavy (non-hydrogen) atoms. The lowest BCUT2D eigenvalue weighted by molar-refractivity contribution is 0.139. The number of amides is 1. The van der Waals surface area contributed by atoms with Crippen molar-refractivity contribution in [3.8, 4) is 11.4 Å². The van der Waals surface area contributed by atoms with Crippen molar-refractivity contribution >= 4 is 17.0 Å². The van der Waals surface area contributed by atoms with Crippen LogP contribution in [-0.4, -0.2) is 36.8 Å². The Morgan fingerprint density at radius 1 is 1.19 bits per heavy atom. The molecule has 0 radical (unpaired) electrons. The first-order valence-electron chi connectivity index (χ1n) is 10.3. The third-order valence-corrected chi connectivity index (χ3v) is 5.95. The number of nitrogens with zero attached hydrogens (tertiary/aromatic N) is 4. The van der Waals surface area contributed by atoms with E-state index in [2.05, 4.69) is 4.98 Å². The van der Waals surface area contributed by atoms with Gasteiger partial charge in [-0.15, -0.1) is 0 Å². The molecule has 1 amide bonds. The molecule has 3 aromatic heterocycles. The van der Waals surface area contributed by atoms with Gasteiger partial charge in [-0.05, 0) is 42.3 Å². The van der Waals surface area contributed by atoms with Crippen LogP contribution in [0.5, 0.6) is 5.75 Å². The highest BCUT2D eigenvalue weighted by molar-refractivity contribution is 5.88. The highest BCUT2D eigenvalue weighted by atomic mass is 16.5. The summed E-state index contributed by atoms with van der Waals surface area (Å²) in [6, 6.07) is 14.7. The topological polar surface area (TPSA) is 89.6 Å². The van der Waals surface area contributed by atoms with Crippen LogP contribution < -0.4 is 10.3 Å². The number of fused-ring (bicyclic) bond motifs is 3. The number of pyridine rings is 2. The molecule has 0 aliphatic carbocycles. The van der Waals surface area contributed by atoms with Crippen LogP contribution in [0.4, 0.5) is 4.79 Å². The molecule has 8 heteroatoms. The lowest BCUT2D eigenvalue weighted by Gasteiger charge is -2.25. The number of hydrogen-bond acceptors (Lipinski definition) is 4. The predicted molar refractivity (Wildman–Crippen MR) is 119 cm³/mol. The van der Waals surface area contributed by atoms with E-state index in [1.54, 1.807) is 23.0 Å². The van der Waals surface area contributed by atoms with E-state index in [0.717, 1.165) is 28.0 Å². The Labute approximate surface area is 183 Å². The van der Waals surface area contributed by atoms with Gasteiger partial charge >= 0.3 is 6.09 Å². The van der Waals surface area contributed by atoms with E-state index in [0.29, 0.717) is 31.9 Å². The second-order valence-corrected chi connectivity index (χ2v) is 7.82. The quantitative estimate of drug-likeness (QED) is 0.536. The highest BCUT2D eigenvalue weighted by Crippen LogP contribution is 2.31. The summed E-state index contributed by atoms with van der Waals surface area (Å²) in [6.07, 6.45) is 3.18. The summed E-state index contributed by atoms with van der Waals surface area (Å²) in [5.41, 5.74) is 4.48. The highest BCUT2D eigenvalue weighted by Gasteiger charge is 2.25. The number of hydrogen-bond donors (Lipinski definition) is 1. The van der Waals surface area contributed by atoms with Gasteiger partial charge in [0.05, 0.1) is 23.4 Å². The molecule has 0 fully saturated rings. The molecule has 4 aromatic rings. The minimum absolute atomic E-state index is 0.195. The van der Waals surface area contributed by atoms with E-state index in [4.69, 9.17) is 4.74 Å². The third-order valence-electron chi connectivity index (χ3n) is 5.95. The smallest absolute Gasteiger partial charge is 0.407 e. The van der Waals surface area contributed by atoms with Crippen LogP contribution in [0.15, 0.2) is 65.7 Å². The van der Waals surface area contributed by atoms with Crippen molar-refractivity contribution in [2.45, 2.75) is 19.6 Å². The molecule has 1 aromatic carbocycles. The molecule has 0 bridgehead atoms. The first-order chi connectivity index (χ1) is 15.5. The van der Waals surface area contributed by atoms with Crippen LogP contribution in [0.1, 0.15) is 17.0 Å². The normalized spacial score (nSPS) is 13.2. The fraction of sp³-hybridized carbons (Fsp3) is 0.208. The first-order valence-corrected chi connectivity index (χ1v) is 10.3. The van der Waals surface area contributed by atoms with Gasteiger partial charge < -0.3 is 19.3 Å². The fourth-order valence-corrected chi connectivity index (χ4v) is 4.26. The Kier molecular flexibility index (Phi) is 4.89. The summed E-state index contributed by atoms with van der Waals surface area (Å²) in [4.78, 5) is 29.8. The number of ether oxygens (including phenoxy) is 1. The molecule has 162 valence electrons. The zero-order valence-corrected chi connectivity index (χ0v) is 17.6. The van der Waals surface area contributed by atoms with Crippen molar-refractivity contribution < 1.29 is 14.6 Å². The number of carboxylic acid groups (broad SMARTS) is 1. The van der Waals surface area contributed by atoms with Gasteiger partial charge in [0, 0.05) is 43.1 Å². The van der Waals surface area contributed by atoms with E-state index >= 15 is 0 Å². The van der Waals surface area contributed by atoms with Crippen LogP contribution in [0.25, 0.3) is 16.6 Å². The molecule has 0 saturated carbocycles. The molecule has 4 heterocycles. The van der Waals surface area contributed by atoms with E-state index in [1.807, 2.05) is 48.0 Å². The van der Waals surface area contributed by atoms with Crippen LogP contribution in [-0.2, 0) is 26.6 Å². The average Bonchev–Trinajstić information content (AvgIpc) is 3.09. The zero-order valence-electron chi connectivity index (χ0n) is 17.6. The summed E-state index contributed by atoms with van der Waals surface area (Å²) in [7, 11) is 1.94. The van der Waals surface area contributed by atoms with Crippen molar-refractivity contribution in [3.05, 3.63) is 88.2 Å². The van der Waals surface area contributed by atoms with Gasteiger partial charge in [-0.2, -0.15) is 0 Å². The molecule has 0 spiro atoms. The number of rotatable bonds is 4. The number of benzene rings is 1. The summed E-state index contributed by atoms with van der Waals surface area (Å²) >= 11 is 0. The molecule has 8 nitrogen and oxygen atoms in total. The largest absolute Gasteiger partial charge is 0.487 e. The van der Waals surface area contributed by atoms with Gasteiger partial charge in [-0.25, -0.2) is 4.79 Å². The monoisotopic (exact) mass is 430 g/mol. The Morgan fingerprint density at radius 3 is 2.81 bits per heavy atom. The van der Waals surface area contributed by atoms with Gasteiger partial charge in [-0.3, -0.25) is 14.3 Å². The van der Waals surface area contributed by atoms with Crippen molar-refractivity contribution in [2.24, 2.45) is 7.05 Å². The summed E-state index contributed by atoms with van der Waals surface area (Å²) < 4.78 is 9.30. The Bertz CT molecular complexity index is 1370. The van der Waals surface area contributed by atoms with Gasteiger partial charge in [0.2, 0.25) is 0 Å². The third kappa shape index (κ3) is 3.49. The Hall–Kier alpha value is -4.07. The molecule has 0 atom stereocenters. The summed E-state index contributed by atoms with van der Waals surface area (Å²) in [5, 5.41) is 10.4. The predicted octanol–water partition coefficient (Wildman–Crippen LogP) is 3.34. The maximum atomic E-state index is 12.8. The maximum absolute atomic E-state index is 12.8. The van der Waals surface area contributed by atoms with Crippen LogP contribution in [0.2, 0.25) is 0 Å². The molecule has 5 rings (SSSR count). The summed E-state index contributed by atoms with van der Waals surface area (Å²) in [5.74, 6) is 0.487. The van der Waals surface area contributed by atoms with E-state index in [9.17, 15) is 14.7 Å². The molecule has 0 unspecified atom stereocenters. The first kappa shape index (κ1) is 19.9. The van der Waals surface area contributed by atoms with Gasteiger partial charge in [0.1, 0.15) is 12.4 Å². The van der Waals surface area contributed by atoms with E-state index in [1.165, 1.54) is 16.5 Å². The minimum atomic E-state index is -0.904. The Morgan fingerprint density at radius 2 is 2.06 bits per heavy atom. The maximum Gasteiger partial charge on any atom is 0.407 e. The van der Waals surface area contributed by atoms with Crippen LogP contribution in [0.3, 0.4) is 0 Å². The molecule has 0 saturated heterocycles. The van der Waals surface area contributed by atoms with Crippen LogP contribution >= 0.6 is 0 Å². The van der Waals surface area contributed by atoms with Crippen molar-refractivity contribution in [1.82, 2.24) is 19.0 Å². The second kappa shape index (κ2) is 7.88. The lowest BCUT2D eigenvalue weighted by Crippen LogP contribution is -2.35. The molecule has 1 aliphatic heterocycles. The molecule has 1 aliphatic rings. The number of aromatic nitrogens is 3. The van der Waals surface area contributed by atoms with Crippen molar-refractivity contribution in [2.75, 3.05) is 6.54 Å². The number of aryl methyl sites for hydroxylation is 1. The van der Waals surface area contributed by atoms with Crippen molar-refractivity contribution in [3.63, 3.8) is 0 Å². The van der Waals surface area contributed by atoms with Gasteiger partial charge in [0.15, 0.2) is 0 Å². The van der Waals surface area contributed by atoms with Crippen molar-refractivity contribution in [1.29, 1.82) is 0 Å². The molecular formula is C24H22N4O4. The molecule has 1 N–H and O–H groups in total. The average molecular weight is 430 g/mol.